The number of benzene rings is 6. The molecule has 0 saturated carbocycles. The summed E-state index contributed by atoms with van der Waals surface area (Å²) in [6, 6.07) is 46.2. The average Bonchev–Trinajstić information content (AvgIpc) is 3.08. The van der Waals surface area contributed by atoms with Crippen LogP contribution in [0.25, 0.3) is 55.6 Å². The standard InChI is InChI=1S/C39H26O3/c40-24-27-1-7-30(8-2-27)32-13-17-35(18-14-32)38-21-37(34-11-5-29(26-42)6-12-34)22-39(23-38)36-19-15-33(16-20-36)31-9-3-28(25-41)4-10-31/h1-26H. The van der Waals surface area contributed by atoms with Crippen LogP contribution in [0.15, 0.2) is 140 Å². The summed E-state index contributed by atoms with van der Waals surface area (Å²) in [7, 11) is 0. The lowest BCUT2D eigenvalue weighted by atomic mass is 9.91. The second kappa shape index (κ2) is 11.8. The van der Waals surface area contributed by atoms with E-state index in [1.165, 1.54) is 0 Å². The van der Waals surface area contributed by atoms with E-state index in [2.05, 4.69) is 66.7 Å². The fourth-order valence-corrected chi connectivity index (χ4v) is 5.10. The van der Waals surface area contributed by atoms with Crippen LogP contribution >= 0.6 is 0 Å². The summed E-state index contributed by atoms with van der Waals surface area (Å²) >= 11 is 0. The molecule has 6 aromatic carbocycles. The van der Waals surface area contributed by atoms with Crippen molar-refractivity contribution in [2.24, 2.45) is 0 Å². The van der Waals surface area contributed by atoms with Gasteiger partial charge in [-0.1, -0.05) is 121 Å². The molecule has 3 heteroatoms. The fourth-order valence-electron chi connectivity index (χ4n) is 5.10. The molecule has 0 bridgehead atoms. The second-order valence-electron chi connectivity index (χ2n) is 10.2. The normalized spacial score (nSPS) is 10.7. The summed E-state index contributed by atoms with van der Waals surface area (Å²) in [5.74, 6) is 0. The van der Waals surface area contributed by atoms with E-state index in [4.69, 9.17) is 0 Å². The van der Waals surface area contributed by atoms with Crippen molar-refractivity contribution in [1.82, 2.24) is 0 Å². The predicted molar refractivity (Wildman–Crippen MR) is 170 cm³/mol. The highest BCUT2D eigenvalue weighted by atomic mass is 16.1. The molecule has 0 aliphatic rings. The van der Waals surface area contributed by atoms with Crippen LogP contribution in [0.2, 0.25) is 0 Å². The van der Waals surface area contributed by atoms with E-state index in [1.807, 2.05) is 72.8 Å². The molecule has 6 aromatic rings. The molecule has 0 fully saturated rings. The Morgan fingerprint density at radius 2 is 0.405 bits per heavy atom. The van der Waals surface area contributed by atoms with Gasteiger partial charge in [0, 0.05) is 16.7 Å². The number of rotatable bonds is 8. The van der Waals surface area contributed by atoms with Crippen molar-refractivity contribution in [3.05, 3.63) is 156 Å². The number of carbonyl (C=O) groups is 3. The minimum Gasteiger partial charge on any atom is -0.298 e. The Bertz CT molecular complexity index is 1750. The van der Waals surface area contributed by atoms with Gasteiger partial charge in [0.25, 0.3) is 0 Å². The molecule has 0 aliphatic heterocycles. The zero-order valence-corrected chi connectivity index (χ0v) is 22.7. The van der Waals surface area contributed by atoms with Gasteiger partial charge in [-0.25, -0.2) is 0 Å². The Labute approximate surface area is 244 Å². The molecule has 0 amide bonds. The van der Waals surface area contributed by atoms with Gasteiger partial charge in [-0.15, -0.1) is 0 Å². The average molecular weight is 543 g/mol. The SMILES string of the molecule is O=Cc1ccc(-c2ccc(-c3cc(-c4ccc(C=O)cc4)cc(-c4ccc(-c5ccc(C=O)cc5)cc4)c3)cc2)cc1. The number of hydrogen-bond acceptors (Lipinski definition) is 3. The van der Waals surface area contributed by atoms with E-state index >= 15 is 0 Å². The third-order valence-electron chi connectivity index (χ3n) is 7.51. The highest BCUT2D eigenvalue weighted by Gasteiger charge is 2.09. The van der Waals surface area contributed by atoms with Crippen molar-refractivity contribution in [3.8, 4) is 55.6 Å². The molecule has 6 rings (SSSR count). The van der Waals surface area contributed by atoms with Crippen LogP contribution in [0.4, 0.5) is 0 Å². The van der Waals surface area contributed by atoms with Gasteiger partial charge < -0.3 is 0 Å². The summed E-state index contributed by atoms with van der Waals surface area (Å²) in [5.41, 5.74) is 12.6. The van der Waals surface area contributed by atoms with Crippen molar-refractivity contribution in [2.45, 2.75) is 0 Å². The predicted octanol–water partition coefficient (Wildman–Crippen LogP) is 9.46. The summed E-state index contributed by atoms with van der Waals surface area (Å²) in [4.78, 5) is 33.3. The van der Waals surface area contributed by atoms with Crippen LogP contribution in [0.3, 0.4) is 0 Å². The van der Waals surface area contributed by atoms with Crippen molar-refractivity contribution in [2.75, 3.05) is 0 Å². The molecule has 200 valence electrons. The van der Waals surface area contributed by atoms with Gasteiger partial charge in [0.1, 0.15) is 18.9 Å². The van der Waals surface area contributed by atoms with Crippen molar-refractivity contribution in [3.63, 3.8) is 0 Å². The minimum absolute atomic E-state index is 0.642. The van der Waals surface area contributed by atoms with Crippen LogP contribution in [0.5, 0.6) is 0 Å². The lowest BCUT2D eigenvalue weighted by Gasteiger charge is -2.13. The van der Waals surface area contributed by atoms with Gasteiger partial charge in [-0.05, 0) is 73.8 Å². The molecule has 0 unspecified atom stereocenters. The van der Waals surface area contributed by atoms with E-state index < -0.39 is 0 Å². The number of carbonyl (C=O) groups excluding carboxylic acids is 3. The number of hydrogen-bond donors (Lipinski definition) is 0. The summed E-state index contributed by atoms with van der Waals surface area (Å²) < 4.78 is 0. The summed E-state index contributed by atoms with van der Waals surface area (Å²) in [6.07, 6.45) is 2.56. The zero-order chi connectivity index (χ0) is 28.9. The Morgan fingerprint density at radius 3 is 0.595 bits per heavy atom. The first-order valence-electron chi connectivity index (χ1n) is 13.7. The molecule has 42 heavy (non-hydrogen) atoms. The van der Waals surface area contributed by atoms with Gasteiger partial charge in [-0.2, -0.15) is 0 Å². The third-order valence-corrected chi connectivity index (χ3v) is 7.51. The van der Waals surface area contributed by atoms with E-state index in [9.17, 15) is 14.4 Å². The molecule has 0 radical (unpaired) electrons. The fraction of sp³-hybridized carbons (Fsp3) is 0. The van der Waals surface area contributed by atoms with E-state index in [0.29, 0.717) is 16.7 Å². The van der Waals surface area contributed by atoms with Crippen molar-refractivity contribution >= 4 is 18.9 Å². The highest BCUT2D eigenvalue weighted by Crippen LogP contribution is 2.35. The monoisotopic (exact) mass is 542 g/mol. The number of aldehydes is 3. The maximum atomic E-state index is 11.2. The molecule has 0 heterocycles. The second-order valence-corrected chi connectivity index (χ2v) is 10.2. The molecule has 0 atom stereocenters. The van der Waals surface area contributed by atoms with E-state index in [0.717, 1.165) is 74.5 Å². The summed E-state index contributed by atoms with van der Waals surface area (Å²) in [5, 5.41) is 0. The molecule has 0 N–H and O–H groups in total. The topological polar surface area (TPSA) is 51.2 Å². The molecule has 3 nitrogen and oxygen atoms in total. The van der Waals surface area contributed by atoms with Crippen LogP contribution in [0.1, 0.15) is 31.1 Å². The van der Waals surface area contributed by atoms with Gasteiger partial charge in [0.2, 0.25) is 0 Å². The zero-order valence-electron chi connectivity index (χ0n) is 22.7. The Balaban J connectivity index is 1.38. The Hall–Kier alpha value is -5.67. The highest BCUT2D eigenvalue weighted by molar-refractivity contribution is 5.84. The van der Waals surface area contributed by atoms with Gasteiger partial charge in [0.05, 0.1) is 0 Å². The van der Waals surface area contributed by atoms with Crippen molar-refractivity contribution < 1.29 is 14.4 Å². The summed E-state index contributed by atoms with van der Waals surface area (Å²) in [6.45, 7) is 0. The third kappa shape index (κ3) is 5.63. The maximum Gasteiger partial charge on any atom is 0.150 e. The molecule has 0 spiro atoms. The Morgan fingerprint density at radius 1 is 0.238 bits per heavy atom. The first-order chi connectivity index (χ1) is 20.6. The first-order valence-corrected chi connectivity index (χ1v) is 13.7. The molecular formula is C39H26O3. The lowest BCUT2D eigenvalue weighted by molar-refractivity contribution is 0.111. The smallest absolute Gasteiger partial charge is 0.150 e. The largest absolute Gasteiger partial charge is 0.298 e. The quantitative estimate of drug-likeness (QED) is 0.180. The van der Waals surface area contributed by atoms with Crippen LogP contribution in [-0.4, -0.2) is 18.9 Å². The lowest BCUT2D eigenvalue weighted by Crippen LogP contribution is -1.88. The van der Waals surface area contributed by atoms with Crippen LogP contribution < -0.4 is 0 Å². The van der Waals surface area contributed by atoms with Gasteiger partial charge in [-0.3, -0.25) is 14.4 Å². The van der Waals surface area contributed by atoms with Crippen LogP contribution in [-0.2, 0) is 0 Å². The molecule has 0 aliphatic carbocycles. The Kier molecular flexibility index (Phi) is 7.48. The molecular weight excluding hydrogens is 516 g/mol. The van der Waals surface area contributed by atoms with E-state index in [1.54, 1.807) is 0 Å². The maximum absolute atomic E-state index is 11.2. The minimum atomic E-state index is 0.642. The first kappa shape index (κ1) is 26.5. The van der Waals surface area contributed by atoms with Gasteiger partial charge >= 0.3 is 0 Å². The molecule has 0 saturated heterocycles. The molecule has 0 aromatic heterocycles. The van der Waals surface area contributed by atoms with E-state index in [-0.39, 0.29) is 0 Å². The van der Waals surface area contributed by atoms with Gasteiger partial charge in [0.15, 0.2) is 0 Å². The van der Waals surface area contributed by atoms with Crippen LogP contribution in [0, 0.1) is 0 Å². The van der Waals surface area contributed by atoms with Crippen molar-refractivity contribution in [1.29, 1.82) is 0 Å².